The second-order valence-electron chi connectivity index (χ2n) is 13.0. The van der Waals surface area contributed by atoms with Crippen molar-refractivity contribution in [2.24, 2.45) is 10.8 Å². The van der Waals surface area contributed by atoms with Crippen molar-refractivity contribution in [1.29, 1.82) is 0 Å². The van der Waals surface area contributed by atoms with Gasteiger partial charge in [-0.05, 0) is 0 Å². The Morgan fingerprint density at radius 1 is 0.660 bits per heavy atom. The van der Waals surface area contributed by atoms with E-state index in [1.54, 1.807) is 90.2 Å². The summed E-state index contributed by atoms with van der Waals surface area (Å²) in [7, 11) is 0. The minimum absolute atomic E-state index is 0.0540. The van der Waals surface area contributed by atoms with Crippen LogP contribution in [0.15, 0.2) is 72.9 Å². The van der Waals surface area contributed by atoms with Crippen LogP contribution in [-0.4, -0.2) is 38.2 Å². The van der Waals surface area contributed by atoms with E-state index >= 15 is 17.6 Å². The van der Waals surface area contributed by atoms with Crippen LogP contribution in [0.4, 0.5) is 28.9 Å². The van der Waals surface area contributed by atoms with Gasteiger partial charge in [0, 0.05) is 0 Å². The van der Waals surface area contributed by atoms with Crippen molar-refractivity contribution in [1.82, 2.24) is 0 Å². The van der Waals surface area contributed by atoms with Crippen LogP contribution in [-0.2, 0) is 35.7 Å². The maximum absolute atomic E-state index is 17.0. The summed E-state index contributed by atoms with van der Waals surface area (Å²) in [5.74, 6) is -5.31. The van der Waals surface area contributed by atoms with Crippen LogP contribution in [0.5, 0.6) is 0 Å². The Kier molecular flexibility index (Phi) is 11.5. The first kappa shape index (κ1) is 36.5. The van der Waals surface area contributed by atoms with Gasteiger partial charge >= 0.3 is 278 Å². The van der Waals surface area contributed by atoms with Crippen LogP contribution in [0.3, 0.4) is 0 Å². The van der Waals surface area contributed by atoms with E-state index in [1.807, 2.05) is 0 Å². The maximum atomic E-state index is 17.0. The van der Waals surface area contributed by atoms with Gasteiger partial charge in [-0.2, -0.15) is 0 Å². The zero-order valence-electron chi connectivity index (χ0n) is 27.6. The molecule has 0 fully saturated rings. The number of halogens is 4. The Bertz CT molecular complexity index is 1490. The quantitative estimate of drug-likeness (QED) is 0.163. The predicted octanol–water partition coefficient (Wildman–Crippen LogP) is 7.18. The van der Waals surface area contributed by atoms with E-state index in [0.717, 1.165) is 24.3 Å². The van der Waals surface area contributed by atoms with Crippen molar-refractivity contribution in [3.63, 3.8) is 0 Å². The molecule has 2 aliphatic carbocycles. The van der Waals surface area contributed by atoms with E-state index in [1.165, 1.54) is 0 Å². The monoisotopic (exact) mass is 690 g/mol. The number of benzene rings is 2. The van der Waals surface area contributed by atoms with Crippen molar-refractivity contribution in [3.8, 4) is 0 Å². The minimum atomic E-state index is -5.15. The van der Waals surface area contributed by atoms with Gasteiger partial charge in [0.15, 0.2) is 0 Å². The third-order valence-corrected chi connectivity index (χ3v) is 17.1. The fourth-order valence-corrected chi connectivity index (χ4v) is 14.8. The van der Waals surface area contributed by atoms with Crippen molar-refractivity contribution < 1.29 is 53.2 Å². The molecule has 0 radical (unpaired) electrons. The van der Waals surface area contributed by atoms with Crippen molar-refractivity contribution in [2.45, 2.75) is 50.0 Å². The summed E-state index contributed by atoms with van der Waals surface area (Å²) in [6, 6.07) is 4.26. The molecular weight excluding hydrogens is 648 g/mol. The molecule has 0 aliphatic heterocycles. The topological polar surface area (TPSA) is 76.7 Å². The van der Waals surface area contributed by atoms with Gasteiger partial charge in [-0.3, -0.25) is 0 Å². The summed E-state index contributed by atoms with van der Waals surface area (Å²) >= 11 is -5.15. The van der Waals surface area contributed by atoms with Crippen molar-refractivity contribution >= 4 is 30.9 Å². The van der Waals surface area contributed by atoms with Crippen LogP contribution in [0.25, 0.3) is 0 Å². The molecule has 4 rings (SSSR count). The van der Waals surface area contributed by atoms with E-state index in [-0.39, 0.29) is 24.6 Å². The van der Waals surface area contributed by atoms with E-state index in [4.69, 9.17) is 9.47 Å². The molecule has 2 amide bonds. The number of ether oxygens (including phenoxy) is 2. The Balaban J connectivity index is 1.97. The number of hydrogen-bond acceptors (Lipinski definition) is 4. The summed E-state index contributed by atoms with van der Waals surface area (Å²) < 4.78 is 75.1. The van der Waals surface area contributed by atoms with Crippen molar-refractivity contribution in [2.75, 3.05) is 37.1 Å². The van der Waals surface area contributed by atoms with Crippen LogP contribution in [0.2, 0.25) is 8.45 Å². The number of carbonyl (C=O) groups is 2. The zero-order chi connectivity index (χ0) is 34.6. The molecule has 252 valence electrons. The summed E-state index contributed by atoms with van der Waals surface area (Å²) in [4.78, 5) is 26.5. The molecule has 0 unspecified atom stereocenters. The Morgan fingerprint density at radius 3 is 1.32 bits per heavy atom. The van der Waals surface area contributed by atoms with E-state index in [0.29, 0.717) is 13.2 Å². The van der Waals surface area contributed by atoms with Gasteiger partial charge in [0.05, 0.1) is 0 Å². The molecule has 2 N–H and O–H groups in total. The molecule has 0 saturated carbocycles. The summed E-state index contributed by atoms with van der Waals surface area (Å²) in [5, 5.41) is 5.15. The van der Waals surface area contributed by atoms with Gasteiger partial charge in [0.2, 0.25) is 0 Å². The molecule has 0 saturated heterocycles. The SMILES string of the molecule is CCOCC(C)(C)C(=O)Nc1ccc(F)[c]([Ti]([c]2c(F)ccc(NC(=O)C(C)(C)COCC)c2F)([CH]2C=CC=C2)[CH]2C=CC=C2)c1F. The van der Waals surface area contributed by atoms with E-state index < -0.39 is 78.7 Å². The van der Waals surface area contributed by atoms with Crippen LogP contribution in [0, 0.1) is 34.1 Å². The first-order valence-electron chi connectivity index (χ1n) is 15.7. The number of nitrogens with one attached hydrogen (secondary N) is 2. The molecule has 2 aromatic rings. The van der Waals surface area contributed by atoms with Crippen LogP contribution in [0.1, 0.15) is 41.5 Å². The Labute approximate surface area is 277 Å². The molecule has 2 aromatic carbocycles. The van der Waals surface area contributed by atoms with Crippen LogP contribution < -0.4 is 18.4 Å². The molecular formula is C36H42F4N2O4Ti. The van der Waals surface area contributed by atoms with Crippen LogP contribution >= 0.6 is 0 Å². The number of hydrogen-bond donors (Lipinski definition) is 2. The second kappa shape index (κ2) is 14.9. The zero-order valence-corrected chi connectivity index (χ0v) is 29.1. The van der Waals surface area contributed by atoms with E-state index in [9.17, 15) is 9.59 Å². The number of rotatable bonds is 14. The molecule has 0 spiro atoms. The van der Waals surface area contributed by atoms with Gasteiger partial charge in [0.1, 0.15) is 0 Å². The number of carbonyl (C=O) groups excluding carboxylic acids is 2. The average Bonchev–Trinajstić information content (AvgIpc) is 3.77. The van der Waals surface area contributed by atoms with Gasteiger partial charge < -0.3 is 0 Å². The average molecular weight is 691 g/mol. The molecule has 0 bridgehead atoms. The molecule has 0 atom stereocenters. The van der Waals surface area contributed by atoms with Gasteiger partial charge in [-0.1, -0.05) is 0 Å². The Morgan fingerprint density at radius 2 is 1.00 bits per heavy atom. The van der Waals surface area contributed by atoms with E-state index in [2.05, 4.69) is 10.6 Å². The third kappa shape index (κ3) is 7.26. The van der Waals surface area contributed by atoms with Gasteiger partial charge in [-0.25, -0.2) is 0 Å². The first-order chi connectivity index (χ1) is 22.2. The third-order valence-electron chi connectivity index (χ3n) is 8.62. The molecule has 0 heterocycles. The summed E-state index contributed by atoms with van der Waals surface area (Å²) in [5.41, 5.74) is -2.76. The van der Waals surface area contributed by atoms with Gasteiger partial charge in [0.25, 0.3) is 0 Å². The fourth-order valence-electron chi connectivity index (χ4n) is 5.97. The number of anilines is 2. The number of amides is 2. The second-order valence-corrected chi connectivity index (χ2v) is 19.3. The molecule has 11 heteroatoms. The summed E-state index contributed by atoms with van der Waals surface area (Å²) in [6.45, 7) is 10.9. The van der Waals surface area contributed by atoms with Crippen molar-refractivity contribution in [3.05, 3.63) is 96.1 Å². The first-order valence-corrected chi connectivity index (χ1v) is 19.0. The number of allylic oxidation sites excluding steroid dienone is 8. The fraction of sp³-hybridized carbons (Fsp3) is 0.389. The molecule has 6 nitrogen and oxygen atoms in total. The normalized spacial score (nSPS) is 15.2. The standard InChI is InChI=1S/2C13H16F2NO2.2C5H5.Ti/c2*1-4-18-8-13(2,3)12(17)16-11-6-5-9(14)7-10(11)15;2*1-2-4-5-3-1;/h2*5-6H,4,8H2,1-3H3,(H,16,17);2*1-5H;. The molecule has 47 heavy (non-hydrogen) atoms. The molecule has 0 aromatic heterocycles. The summed E-state index contributed by atoms with van der Waals surface area (Å²) in [6.07, 6.45) is 13.5. The van der Waals surface area contributed by atoms with Gasteiger partial charge in [-0.15, -0.1) is 0 Å². The molecule has 2 aliphatic rings. The Hall–Kier alpha value is -3.31. The predicted molar refractivity (Wildman–Crippen MR) is 174 cm³/mol.